The van der Waals surface area contributed by atoms with E-state index in [9.17, 15) is 14.4 Å². The third-order valence-corrected chi connectivity index (χ3v) is 5.68. The van der Waals surface area contributed by atoms with Crippen LogP contribution in [0.5, 0.6) is 0 Å². The van der Waals surface area contributed by atoms with Crippen LogP contribution in [0.4, 0.5) is 11.4 Å². The highest BCUT2D eigenvalue weighted by Crippen LogP contribution is 2.24. The quantitative estimate of drug-likeness (QED) is 0.588. The fourth-order valence-corrected chi connectivity index (χ4v) is 3.95. The van der Waals surface area contributed by atoms with E-state index in [0.717, 1.165) is 22.9 Å². The van der Waals surface area contributed by atoms with Crippen molar-refractivity contribution in [3.63, 3.8) is 0 Å². The molecule has 3 amide bonds. The first-order valence-electron chi connectivity index (χ1n) is 8.52. The standard InChI is InChI=1S/C18H20N4O3S2/c1-11(23)19-13-3-2-4-14(7-13)21-17(25)10-27-18-22-15(9-26-18)8-16(24)20-12-5-6-12/h2-4,7,9,12H,5-6,8,10H2,1H3,(H,19,23)(H,20,24)(H,21,25). The zero-order chi connectivity index (χ0) is 19.2. The fraction of sp³-hybridized carbons (Fsp3) is 0.333. The average molecular weight is 405 g/mol. The molecular formula is C18H20N4O3S2. The summed E-state index contributed by atoms with van der Waals surface area (Å²) in [7, 11) is 0. The van der Waals surface area contributed by atoms with Gasteiger partial charge in [0.1, 0.15) is 0 Å². The molecule has 2 aromatic rings. The summed E-state index contributed by atoms with van der Waals surface area (Å²) in [4.78, 5) is 39.4. The normalized spacial score (nSPS) is 13.1. The topological polar surface area (TPSA) is 100 Å². The predicted octanol–water partition coefficient (Wildman–Crippen LogP) is 2.65. The van der Waals surface area contributed by atoms with Crippen molar-refractivity contribution in [1.82, 2.24) is 10.3 Å². The number of hydrogen-bond donors (Lipinski definition) is 3. The third kappa shape index (κ3) is 6.69. The van der Waals surface area contributed by atoms with Crippen molar-refractivity contribution < 1.29 is 14.4 Å². The Labute approximate surface area is 165 Å². The van der Waals surface area contributed by atoms with E-state index in [4.69, 9.17) is 0 Å². The monoisotopic (exact) mass is 404 g/mol. The van der Waals surface area contributed by atoms with Crippen molar-refractivity contribution in [3.05, 3.63) is 35.3 Å². The van der Waals surface area contributed by atoms with Crippen LogP contribution in [0.1, 0.15) is 25.5 Å². The molecule has 1 aromatic heterocycles. The lowest BCUT2D eigenvalue weighted by Gasteiger charge is -2.07. The number of rotatable bonds is 8. The molecule has 1 aliphatic rings. The Morgan fingerprint density at radius 3 is 2.63 bits per heavy atom. The van der Waals surface area contributed by atoms with Crippen LogP contribution in [0.3, 0.4) is 0 Å². The van der Waals surface area contributed by atoms with Gasteiger partial charge in [0.05, 0.1) is 17.9 Å². The zero-order valence-electron chi connectivity index (χ0n) is 14.8. The number of carbonyl (C=O) groups is 3. The highest BCUT2D eigenvalue weighted by Gasteiger charge is 2.23. The number of carbonyl (C=O) groups excluding carboxylic acids is 3. The van der Waals surface area contributed by atoms with Crippen LogP contribution >= 0.6 is 23.1 Å². The van der Waals surface area contributed by atoms with E-state index in [1.165, 1.54) is 30.0 Å². The maximum absolute atomic E-state index is 12.1. The molecule has 0 unspecified atom stereocenters. The Balaban J connectivity index is 1.45. The molecule has 1 aliphatic carbocycles. The summed E-state index contributed by atoms with van der Waals surface area (Å²) in [6.07, 6.45) is 2.40. The molecule has 0 atom stereocenters. The molecule has 0 saturated heterocycles. The molecule has 7 nitrogen and oxygen atoms in total. The highest BCUT2D eigenvalue weighted by molar-refractivity contribution is 8.01. The number of anilines is 2. The molecule has 1 saturated carbocycles. The average Bonchev–Trinajstić information content (AvgIpc) is 3.29. The lowest BCUT2D eigenvalue weighted by Crippen LogP contribution is -2.27. The Kier molecular flexibility index (Phi) is 6.46. The molecular weight excluding hydrogens is 384 g/mol. The van der Waals surface area contributed by atoms with Gasteiger partial charge in [-0.05, 0) is 31.0 Å². The van der Waals surface area contributed by atoms with Gasteiger partial charge in [0, 0.05) is 29.7 Å². The summed E-state index contributed by atoms with van der Waals surface area (Å²) in [5, 5.41) is 10.3. The lowest BCUT2D eigenvalue weighted by molar-refractivity contribution is -0.120. The smallest absolute Gasteiger partial charge is 0.234 e. The van der Waals surface area contributed by atoms with Gasteiger partial charge in [-0.1, -0.05) is 17.8 Å². The van der Waals surface area contributed by atoms with Crippen molar-refractivity contribution in [1.29, 1.82) is 0 Å². The number of aromatic nitrogens is 1. The Hall–Kier alpha value is -2.39. The Morgan fingerprint density at radius 2 is 1.93 bits per heavy atom. The second-order valence-electron chi connectivity index (χ2n) is 6.22. The van der Waals surface area contributed by atoms with Gasteiger partial charge in [-0.25, -0.2) is 4.98 Å². The highest BCUT2D eigenvalue weighted by atomic mass is 32.2. The van der Waals surface area contributed by atoms with Crippen molar-refractivity contribution in [2.24, 2.45) is 0 Å². The van der Waals surface area contributed by atoms with E-state index in [1.807, 2.05) is 5.38 Å². The van der Waals surface area contributed by atoms with Gasteiger partial charge in [-0.3, -0.25) is 14.4 Å². The lowest BCUT2D eigenvalue weighted by atomic mass is 10.2. The largest absolute Gasteiger partial charge is 0.353 e. The first-order valence-corrected chi connectivity index (χ1v) is 10.4. The number of thioether (sulfide) groups is 1. The third-order valence-electron chi connectivity index (χ3n) is 3.61. The molecule has 0 bridgehead atoms. The van der Waals surface area contributed by atoms with Crippen LogP contribution in [-0.4, -0.2) is 34.5 Å². The van der Waals surface area contributed by atoms with Crippen LogP contribution in [-0.2, 0) is 20.8 Å². The number of amides is 3. The van der Waals surface area contributed by atoms with Crippen LogP contribution in [0.2, 0.25) is 0 Å². The van der Waals surface area contributed by atoms with Gasteiger partial charge >= 0.3 is 0 Å². The van der Waals surface area contributed by atoms with E-state index in [1.54, 1.807) is 24.3 Å². The van der Waals surface area contributed by atoms with E-state index in [-0.39, 0.29) is 29.9 Å². The molecule has 3 N–H and O–H groups in total. The van der Waals surface area contributed by atoms with Gasteiger partial charge in [0.2, 0.25) is 17.7 Å². The first-order chi connectivity index (χ1) is 13.0. The number of nitrogens with one attached hydrogen (secondary N) is 3. The number of hydrogen-bond acceptors (Lipinski definition) is 6. The molecule has 3 rings (SSSR count). The molecule has 0 radical (unpaired) electrons. The van der Waals surface area contributed by atoms with Crippen LogP contribution in [0.15, 0.2) is 34.0 Å². The Morgan fingerprint density at radius 1 is 1.19 bits per heavy atom. The minimum absolute atomic E-state index is 0.00357. The minimum Gasteiger partial charge on any atom is -0.353 e. The zero-order valence-corrected chi connectivity index (χ0v) is 16.4. The van der Waals surface area contributed by atoms with Crippen LogP contribution in [0, 0.1) is 0 Å². The molecule has 1 fully saturated rings. The van der Waals surface area contributed by atoms with Crippen LogP contribution < -0.4 is 16.0 Å². The second kappa shape index (κ2) is 9.01. The molecule has 9 heteroatoms. The minimum atomic E-state index is -0.167. The molecule has 1 heterocycles. The predicted molar refractivity (Wildman–Crippen MR) is 107 cm³/mol. The van der Waals surface area contributed by atoms with Crippen molar-refractivity contribution >= 4 is 52.2 Å². The molecule has 0 aliphatic heterocycles. The summed E-state index contributed by atoms with van der Waals surface area (Å²) >= 11 is 2.76. The van der Waals surface area contributed by atoms with E-state index in [2.05, 4.69) is 20.9 Å². The van der Waals surface area contributed by atoms with Crippen molar-refractivity contribution in [2.45, 2.75) is 36.6 Å². The molecule has 1 aromatic carbocycles. The SMILES string of the molecule is CC(=O)Nc1cccc(NC(=O)CSc2nc(CC(=O)NC3CC3)cs2)c1. The number of benzene rings is 1. The van der Waals surface area contributed by atoms with Crippen LogP contribution in [0.25, 0.3) is 0 Å². The summed E-state index contributed by atoms with van der Waals surface area (Å²) in [6, 6.07) is 7.31. The summed E-state index contributed by atoms with van der Waals surface area (Å²) in [5.41, 5.74) is 1.97. The van der Waals surface area contributed by atoms with Gasteiger partial charge in [0.25, 0.3) is 0 Å². The van der Waals surface area contributed by atoms with E-state index >= 15 is 0 Å². The summed E-state index contributed by atoms with van der Waals surface area (Å²) < 4.78 is 0.756. The molecule has 0 spiro atoms. The molecule has 142 valence electrons. The van der Waals surface area contributed by atoms with Crippen molar-refractivity contribution in [2.75, 3.05) is 16.4 Å². The van der Waals surface area contributed by atoms with Gasteiger partial charge in [-0.2, -0.15) is 0 Å². The Bertz CT molecular complexity index is 849. The first kappa shape index (κ1) is 19.4. The van der Waals surface area contributed by atoms with Gasteiger partial charge in [0.15, 0.2) is 4.34 Å². The van der Waals surface area contributed by atoms with Gasteiger partial charge < -0.3 is 16.0 Å². The summed E-state index contributed by atoms with van der Waals surface area (Å²) in [5.74, 6) is -0.121. The van der Waals surface area contributed by atoms with Crippen molar-refractivity contribution in [3.8, 4) is 0 Å². The molecule has 27 heavy (non-hydrogen) atoms. The van der Waals surface area contributed by atoms with E-state index < -0.39 is 0 Å². The number of thiazole rings is 1. The van der Waals surface area contributed by atoms with E-state index in [0.29, 0.717) is 17.4 Å². The number of nitrogens with zero attached hydrogens (tertiary/aromatic N) is 1. The van der Waals surface area contributed by atoms with Gasteiger partial charge in [-0.15, -0.1) is 11.3 Å². The summed E-state index contributed by atoms with van der Waals surface area (Å²) in [6.45, 7) is 1.43. The maximum Gasteiger partial charge on any atom is 0.234 e. The fourth-order valence-electron chi connectivity index (χ4n) is 2.31. The second-order valence-corrected chi connectivity index (χ2v) is 8.30. The maximum atomic E-state index is 12.1.